The third-order valence-electron chi connectivity index (χ3n) is 3.20. The van der Waals surface area contributed by atoms with Crippen molar-refractivity contribution in [3.63, 3.8) is 0 Å². The zero-order valence-corrected chi connectivity index (χ0v) is 9.91. The Balaban J connectivity index is 1.77. The van der Waals surface area contributed by atoms with Crippen molar-refractivity contribution in [1.82, 2.24) is 20.2 Å². The van der Waals surface area contributed by atoms with Gasteiger partial charge < -0.3 is 0 Å². The van der Waals surface area contributed by atoms with Crippen LogP contribution >= 0.6 is 0 Å². The first-order valence-corrected chi connectivity index (χ1v) is 5.78. The maximum Gasteiger partial charge on any atom is 0.138 e. The minimum Gasteiger partial charge on any atom is -0.257 e. The fraction of sp³-hybridized carbons (Fsp3) is 0.333. The Bertz CT molecular complexity index is 580. The summed E-state index contributed by atoms with van der Waals surface area (Å²) in [5.41, 5.74) is 3.03. The van der Waals surface area contributed by atoms with E-state index in [-0.39, 0.29) is 11.7 Å². The molecule has 3 rings (SSSR count). The fourth-order valence-corrected chi connectivity index (χ4v) is 2.30. The number of rotatable bonds is 3. The van der Waals surface area contributed by atoms with Gasteiger partial charge >= 0.3 is 0 Å². The van der Waals surface area contributed by atoms with Crippen LogP contribution in [0.3, 0.4) is 0 Å². The highest BCUT2D eigenvalue weighted by molar-refractivity contribution is 6.03. The van der Waals surface area contributed by atoms with E-state index < -0.39 is 0 Å². The summed E-state index contributed by atoms with van der Waals surface area (Å²) in [4.78, 5) is 4.46. The van der Waals surface area contributed by atoms with Crippen molar-refractivity contribution >= 4 is 5.71 Å². The molecule has 0 saturated heterocycles. The Hall–Kier alpha value is -2.11. The van der Waals surface area contributed by atoms with Gasteiger partial charge in [-0.1, -0.05) is 0 Å². The maximum absolute atomic E-state index is 13.3. The monoisotopic (exact) mass is 245 g/mol. The summed E-state index contributed by atoms with van der Waals surface area (Å²) in [6.07, 6.45) is 7.15. The number of aryl methyl sites for hydroxylation is 1. The van der Waals surface area contributed by atoms with Crippen LogP contribution in [-0.4, -0.2) is 25.9 Å². The van der Waals surface area contributed by atoms with E-state index in [2.05, 4.69) is 20.5 Å². The molecule has 1 atom stereocenters. The van der Waals surface area contributed by atoms with Crippen LogP contribution in [0.25, 0.3) is 0 Å². The molecule has 2 aliphatic rings. The Labute approximate surface area is 103 Å². The summed E-state index contributed by atoms with van der Waals surface area (Å²) < 4.78 is 15.0. The number of aliphatic imine (C=N–C) groups is 1. The smallest absolute Gasteiger partial charge is 0.138 e. The number of allylic oxidation sites excluding steroid dienone is 6. The van der Waals surface area contributed by atoms with Gasteiger partial charge in [0.1, 0.15) is 12.2 Å². The summed E-state index contributed by atoms with van der Waals surface area (Å²) in [6, 6.07) is 0. The first-order valence-electron chi connectivity index (χ1n) is 5.78. The van der Waals surface area contributed by atoms with Crippen LogP contribution in [0.15, 0.2) is 46.6 Å². The molecule has 18 heavy (non-hydrogen) atoms. The topological polar surface area (TPSA) is 56.0 Å². The van der Waals surface area contributed by atoms with Crippen LogP contribution < -0.4 is 0 Å². The largest absolute Gasteiger partial charge is 0.257 e. The highest BCUT2D eigenvalue weighted by Gasteiger charge is 2.27. The first-order chi connectivity index (χ1) is 8.74. The van der Waals surface area contributed by atoms with Crippen LogP contribution in [0.4, 0.5) is 4.39 Å². The lowest BCUT2D eigenvalue weighted by molar-refractivity contribution is 0.575. The second-order valence-electron chi connectivity index (χ2n) is 4.33. The quantitative estimate of drug-likeness (QED) is 0.816. The molecule has 92 valence electrons. The molecule has 0 spiro atoms. The zero-order valence-electron chi connectivity index (χ0n) is 9.91. The van der Waals surface area contributed by atoms with Gasteiger partial charge in [0.2, 0.25) is 0 Å². The van der Waals surface area contributed by atoms with E-state index in [0.29, 0.717) is 6.54 Å². The lowest BCUT2D eigenvalue weighted by atomic mass is 9.89. The summed E-state index contributed by atoms with van der Waals surface area (Å²) in [5.74, 6) is -0.222. The van der Waals surface area contributed by atoms with E-state index in [1.54, 1.807) is 23.2 Å². The predicted molar refractivity (Wildman–Crippen MR) is 64.4 cm³/mol. The molecule has 0 N–H and O–H groups in total. The summed E-state index contributed by atoms with van der Waals surface area (Å²) in [7, 11) is 0. The molecule has 1 aromatic rings. The van der Waals surface area contributed by atoms with Crippen molar-refractivity contribution in [3.8, 4) is 0 Å². The van der Waals surface area contributed by atoms with Gasteiger partial charge in [-0.15, -0.1) is 5.10 Å². The highest BCUT2D eigenvalue weighted by atomic mass is 19.1. The lowest BCUT2D eigenvalue weighted by Crippen LogP contribution is -2.13. The zero-order chi connectivity index (χ0) is 12.5. The van der Waals surface area contributed by atoms with Crippen LogP contribution in [0.1, 0.15) is 13.3 Å². The molecule has 2 heterocycles. The molecule has 0 bridgehead atoms. The number of aromatic nitrogens is 4. The van der Waals surface area contributed by atoms with Crippen LogP contribution in [0.2, 0.25) is 0 Å². The minimum absolute atomic E-state index is 0.0218. The van der Waals surface area contributed by atoms with E-state index in [1.165, 1.54) is 6.08 Å². The maximum atomic E-state index is 13.3. The average molecular weight is 245 g/mol. The molecular formula is C12H12FN5. The third kappa shape index (κ3) is 1.90. The van der Waals surface area contributed by atoms with Crippen molar-refractivity contribution in [3.05, 3.63) is 41.7 Å². The third-order valence-corrected chi connectivity index (χ3v) is 3.20. The standard InChI is InChI=1S/C12H12FN5/c1-8-10(4-5-18-7-14-16-17-18)11-6-9(13)2-3-12(11)15-8/h2-3,6-7,11H,4-5H2,1H3/t11-/m0/s1. The molecule has 1 aromatic heterocycles. The molecule has 5 nitrogen and oxygen atoms in total. The molecule has 0 unspecified atom stereocenters. The van der Waals surface area contributed by atoms with Crippen molar-refractivity contribution in [2.75, 3.05) is 0 Å². The van der Waals surface area contributed by atoms with Crippen molar-refractivity contribution in [1.29, 1.82) is 0 Å². The Kier molecular flexibility index (Phi) is 2.62. The van der Waals surface area contributed by atoms with E-state index in [4.69, 9.17) is 0 Å². The van der Waals surface area contributed by atoms with Gasteiger partial charge in [-0.3, -0.25) is 4.99 Å². The number of tetrazole rings is 1. The van der Waals surface area contributed by atoms with Gasteiger partial charge in [-0.05, 0) is 47.6 Å². The Morgan fingerprint density at radius 1 is 1.39 bits per heavy atom. The van der Waals surface area contributed by atoms with E-state index >= 15 is 0 Å². The Morgan fingerprint density at radius 2 is 2.28 bits per heavy atom. The molecular weight excluding hydrogens is 233 g/mol. The number of fused-ring (bicyclic) bond motifs is 1. The number of hydrogen-bond acceptors (Lipinski definition) is 4. The van der Waals surface area contributed by atoms with Gasteiger partial charge in [-0.2, -0.15) is 0 Å². The molecule has 0 amide bonds. The second-order valence-corrected chi connectivity index (χ2v) is 4.33. The van der Waals surface area contributed by atoms with Gasteiger partial charge in [-0.25, -0.2) is 9.07 Å². The Morgan fingerprint density at radius 3 is 3.06 bits per heavy atom. The summed E-state index contributed by atoms with van der Waals surface area (Å²) >= 11 is 0. The number of halogens is 1. The normalized spacial score (nSPS) is 22.0. The van der Waals surface area contributed by atoms with Gasteiger partial charge in [0.15, 0.2) is 0 Å². The number of nitrogens with zero attached hydrogens (tertiary/aromatic N) is 5. The molecule has 1 aliphatic heterocycles. The van der Waals surface area contributed by atoms with Gasteiger partial charge in [0, 0.05) is 18.2 Å². The van der Waals surface area contributed by atoms with Crippen LogP contribution in [0, 0.1) is 5.92 Å². The van der Waals surface area contributed by atoms with Crippen LogP contribution in [-0.2, 0) is 6.54 Å². The van der Waals surface area contributed by atoms with E-state index in [0.717, 1.165) is 23.4 Å². The predicted octanol–water partition coefficient (Wildman–Crippen LogP) is 1.83. The fourth-order valence-electron chi connectivity index (χ4n) is 2.30. The minimum atomic E-state index is -0.200. The van der Waals surface area contributed by atoms with E-state index in [1.807, 2.05) is 6.92 Å². The molecule has 6 heteroatoms. The highest BCUT2D eigenvalue weighted by Crippen LogP contribution is 2.33. The van der Waals surface area contributed by atoms with Gasteiger partial charge in [0.05, 0.1) is 5.71 Å². The molecule has 0 radical (unpaired) electrons. The molecule has 1 aliphatic carbocycles. The van der Waals surface area contributed by atoms with Crippen molar-refractivity contribution in [2.24, 2.45) is 10.9 Å². The number of hydrogen-bond donors (Lipinski definition) is 0. The van der Waals surface area contributed by atoms with Crippen LogP contribution in [0.5, 0.6) is 0 Å². The van der Waals surface area contributed by atoms with Crippen molar-refractivity contribution < 1.29 is 4.39 Å². The summed E-state index contributed by atoms with van der Waals surface area (Å²) in [5, 5.41) is 11.0. The average Bonchev–Trinajstić information content (AvgIpc) is 2.94. The molecule has 0 saturated carbocycles. The lowest BCUT2D eigenvalue weighted by Gasteiger charge is -2.14. The summed E-state index contributed by atoms with van der Waals surface area (Å²) in [6.45, 7) is 2.64. The first kappa shape index (κ1) is 11.0. The van der Waals surface area contributed by atoms with Crippen molar-refractivity contribution in [2.45, 2.75) is 19.9 Å². The SMILES string of the molecule is CC1=C(CCn2cnnn2)[C@@H]2C=C(F)C=CC2=N1. The molecule has 0 aromatic carbocycles. The molecule has 0 fully saturated rings. The van der Waals surface area contributed by atoms with E-state index in [9.17, 15) is 4.39 Å². The second kappa shape index (κ2) is 4.29. The van der Waals surface area contributed by atoms with Gasteiger partial charge in [0.25, 0.3) is 0 Å².